The van der Waals surface area contributed by atoms with Crippen LogP contribution in [0, 0.1) is 5.41 Å². The maximum atomic E-state index is 12.6. The molecular weight excluding hydrogens is 424 g/mol. The van der Waals surface area contributed by atoms with Gasteiger partial charge in [-0.15, -0.1) is 0 Å². The molecule has 3 rings (SSSR count). The van der Waals surface area contributed by atoms with Gasteiger partial charge in [-0.05, 0) is 48.5 Å². The Morgan fingerprint density at radius 1 is 1.12 bits per heavy atom. The SMILES string of the molecule is CCOC(=O)[C@](C)(CO)C[C@@H](Cc1ccc(-c2ccccc2)cc1)NC(=O)c1cc(O)no1. The van der Waals surface area contributed by atoms with Crippen LogP contribution in [0.25, 0.3) is 11.1 Å². The second-order valence-corrected chi connectivity index (χ2v) is 8.13. The number of benzene rings is 2. The number of carbonyl (C=O) groups excluding carboxylic acids is 2. The summed E-state index contributed by atoms with van der Waals surface area (Å²) in [7, 11) is 0. The van der Waals surface area contributed by atoms with E-state index in [4.69, 9.17) is 9.26 Å². The summed E-state index contributed by atoms with van der Waals surface area (Å²) in [5.74, 6) is -1.68. The van der Waals surface area contributed by atoms with Crippen LogP contribution in [0.2, 0.25) is 0 Å². The van der Waals surface area contributed by atoms with Crippen LogP contribution in [0.15, 0.2) is 65.2 Å². The van der Waals surface area contributed by atoms with Crippen molar-refractivity contribution >= 4 is 11.9 Å². The van der Waals surface area contributed by atoms with Crippen LogP contribution in [-0.4, -0.2) is 46.5 Å². The van der Waals surface area contributed by atoms with E-state index in [0.29, 0.717) is 6.42 Å². The van der Waals surface area contributed by atoms with E-state index in [9.17, 15) is 19.8 Å². The maximum absolute atomic E-state index is 12.6. The number of amides is 1. The molecule has 0 unspecified atom stereocenters. The van der Waals surface area contributed by atoms with Gasteiger partial charge in [0.15, 0.2) is 0 Å². The molecule has 3 N–H and O–H groups in total. The van der Waals surface area contributed by atoms with Gasteiger partial charge in [-0.25, -0.2) is 0 Å². The van der Waals surface area contributed by atoms with Crippen molar-refractivity contribution in [1.82, 2.24) is 10.5 Å². The minimum Gasteiger partial charge on any atom is -0.491 e. The molecule has 0 aliphatic carbocycles. The molecule has 8 nitrogen and oxygen atoms in total. The molecule has 174 valence electrons. The van der Waals surface area contributed by atoms with Gasteiger partial charge in [0, 0.05) is 6.04 Å². The van der Waals surface area contributed by atoms with E-state index in [2.05, 4.69) is 10.5 Å². The van der Waals surface area contributed by atoms with E-state index in [1.807, 2.05) is 54.6 Å². The van der Waals surface area contributed by atoms with Crippen molar-refractivity contribution in [3.05, 3.63) is 72.0 Å². The van der Waals surface area contributed by atoms with Crippen molar-refractivity contribution < 1.29 is 29.1 Å². The molecule has 1 amide bonds. The number of hydrogen-bond acceptors (Lipinski definition) is 7. The first-order chi connectivity index (χ1) is 15.8. The van der Waals surface area contributed by atoms with Crippen LogP contribution >= 0.6 is 0 Å². The number of nitrogens with zero attached hydrogens (tertiary/aromatic N) is 1. The number of aliphatic hydroxyl groups excluding tert-OH is 1. The highest BCUT2D eigenvalue weighted by atomic mass is 16.5. The van der Waals surface area contributed by atoms with Gasteiger partial charge >= 0.3 is 5.97 Å². The van der Waals surface area contributed by atoms with Crippen molar-refractivity contribution in [1.29, 1.82) is 0 Å². The topological polar surface area (TPSA) is 122 Å². The summed E-state index contributed by atoms with van der Waals surface area (Å²) >= 11 is 0. The highest BCUT2D eigenvalue weighted by molar-refractivity contribution is 5.91. The second kappa shape index (κ2) is 10.8. The summed E-state index contributed by atoms with van der Waals surface area (Å²) in [6.45, 7) is 3.04. The first-order valence-electron chi connectivity index (χ1n) is 10.7. The van der Waals surface area contributed by atoms with Crippen molar-refractivity contribution in [3.63, 3.8) is 0 Å². The number of carbonyl (C=O) groups is 2. The predicted octanol–water partition coefficient (Wildman–Crippen LogP) is 3.34. The average molecular weight is 453 g/mol. The summed E-state index contributed by atoms with van der Waals surface area (Å²) < 4.78 is 9.96. The minimum absolute atomic E-state index is 0.134. The summed E-state index contributed by atoms with van der Waals surface area (Å²) in [5.41, 5.74) is 1.88. The quantitative estimate of drug-likeness (QED) is 0.403. The zero-order valence-corrected chi connectivity index (χ0v) is 18.7. The lowest BCUT2D eigenvalue weighted by atomic mass is 9.82. The number of aromatic nitrogens is 1. The van der Waals surface area contributed by atoms with Gasteiger partial charge < -0.3 is 24.8 Å². The molecule has 0 spiro atoms. The molecule has 0 saturated heterocycles. The lowest BCUT2D eigenvalue weighted by Gasteiger charge is -2.30. The standard InChI is InChI=1S/C25H28N2O6/c1-3-32-24(31)25(2,16-28)15-20(26-23(30)21-14-22(29)27-33-21)13-17-9-11-19(12-10-17)18-7-5-4-6-8-18/h4-12,14,20,28H,3,13,15-16H2,1-2H3,(H,26,30)(H,27,29)/t20-,25+/m1/s1. The smallest absolute Gasteiger partial charge is 0.314 e. The van der Waals surface area contributed by atoms with Gasteiger partial charge in [0.05, 0.1) is 24.7 Å². The molecule has 0 aliphatic rings. The molecule has 1 aromatic heterocycles. The average Bonchev–Trinajstić information content (AvgIpc) is 3.26. The van der Waals surface area contributed by atoms with E-state index < -0.39 is 35.8 Å². The Kier molecular flexibility index (Phi) is 7.84. The summed E-state index contributed by atoms with van der Waals surface area (Å²) in [4.78, 5) is 25.1. The van der Waals surface area contributed by atoms with E-state index in [-0.39, 0.29) is 18.8 Å². The molecule has 0 saturated carbocycles. The van der Waals surface area contributed by atoms with E-state index in [1.54, 1.807) is 13.8 Å². The fraction of sp³-hybridized carbons (Fsp3) is 0.320. The molecule has 0 aliphatic heterocycles. The van der Waals surface area contributed by atoms with Crippen LogP contribution in [0.4, 0.5) is 0 Å². The van der Waals surface area contributed by atoms with Crippen LogP contribution in [0.3, 0.4) is 0 Å². The number of aromatic hydroxyl groups is 1. The number of ether oxygens (including phenoxy) is 1. The molecule has 0 fully saturated rings. The lowest BCUT2D eigenvalue weighted by molar-refractivity contribution is -0.157. The van der Waals surface area contributed by atoms with Gasteiger partial charge in [-0.2, -0.15) is 0 Å². The van der Waals surface area contributed by atoms with Crippen LogP contribution in [0.5, 0.6) is 5.88 Å². The highest BCUT2D eigenvalue weighted by Crippen LogP contribution is 2.27. The largest absolute Gasteiger partial charge is 0.491 e. The molecule has 2 atom stereocenters. The number of aliphatic hydroxyl groups is 1. The minimum atomic E-state index is -1.21. The third-order valence-electron chi connectivity index (χ3n) is 5.41. The van der Waals surface area contributed by atoms with E-state index >= 15 is 0 Å². The van der Waals surface area contributed by atoms with Crippen LogP contribution in [-0.2, 0) is 16.0 Å². The molecule has 0 radical (unpaired) electrons. The first-order valence-corrected chi connectivity index (χ1v) is 10.7. The maximum Gasteiger partial charge on any atom is 0.314 e. The molecule has 8 heteroatoms. The van der Waals surface area contributed by atoms with Gasteiger partial charge in [0.2, 0.25) is 5.76 Å². The Bertz CT molecular complexity index is 1060. The summed E-state index contributed by atoms with van der Waals surface area (Å²) in [5, 5.41) is 25.4. The van der Waals surface area contributed by atoms with Crippen LogP contribution < -0.4 is 5.32 Å². The van der Waals surface area contributed by atoms with Gasteiger partial charge in [0.1, 0.15) is 0 Å². The third-order valence-corrected chi connectivity index (χ3v) is 5.41. The molecule has 0 bridgehead atoms. The first kappa shape index (κ1) is 24.0. The molecule has 1 heterocycles. The fourth-order valence-corrected chi connectivity index (χ4v) is 3.61. The summed E-state index contributed by atoms with van der Waals surface area (Å²) in [6, 6.07) is 18.4. The predicted molar refractivity (Wildman–Crippen MR) is 121 cm³/mol. The van der Waals surface area contributed by atoms with Crippen molar-refractivity contribution in [3.8, 4) is 17.0 Å². The normalized spacial score (nSPS) is 13.7. The number of rotatable bonds is 10. The number of hydrogen-bond donors (Lipinski definition) is 3. The Hall–Kier alpha value is -3.65. The van der Waals surface area contributed by atoms with Gasteiger partial charge in [-0.1, -0.05) is 54.6 Å². The Balaban J connectivity index is 1.81. The summed E-state index contributed by atoms with van der Waals surface area (Å²) in [6.07, 6.45) is 0.532. The number of nitrogens with one attached hydrogen (secondary N) is 1. The Labute approximate surface area is 192 Å². The molecule has 2 aromatic carbocycles. The Morgan fingerprint density at radius 3 is 2.36 bits per heavy atom. The lowest BCUT2D eigenvalue weighted by Crippen LogP contribution is -2.44. The molecular formula is C25H28N2O6. The molecule has 3 aromatic rings. The van der Waals surface area contributed by atoms with Crippen molar-refractivity contribution in [2.45, 2.75) is 32.7 Å². The zero-order chi connectivity index (χ0) is 23.8. The van der Waals surface area contributed by atoms with E-state index in [1.165, 1.54) is 0 Å². The Morgan fingerprint density at radius 2 is 1.79 bits per heavy atom. The van der Waals surface area contributed by atoms with Crippen molar-refractivity contribution in [2.24, 2.45) is 5.41 Å². The van der Waals surface area contributed by atoms with E-state index in [0.717, 1.165) is 22.8 Å². The van der Waals surface area contributed by atoms with Crippen LogP contribution in [0.1, 0.15) is 36.4 Å². The number of esters is 1. The highest BCUT2D eigenvalue weighted by Gasteiger charge is 2.37. The second-order valence-electron chi connectivity index (χ2n) is 8.13. The van der Waals surface area contributed by atoms with Crippen molar-refractivity contribution in [2.75, 3.05) is 13.2 Å². The van der Waals surface area contributed by atoms with Gasteiger partial charge in [0.25, 0.3) is 11.8 Å². The monoisotopic (exact) mass is 452 g/mol. The molecule has 33 heavy (non-hydrogen) atoms. The fourth-order valence-electron chi connectivity index (χ4n) is 3.61. The van der Waals surface area contributed by atoms with Gasteiger partial charge in [-0.3, -0.25) is 9.59 Å². The third kappa shape index (κ3) is 6.20. The zero-order valence-electron chi connectivity index (χ0n) is 18.7.